The fraction of sp³-hybridized carbons (Fsp3) is 0.970. The fourth-order valence-corrected chi connectivity index (χ4v) is 12.2. The molecule has 4 unspecified atom stereocenters. The topological polar surface area (TPSA) is 38.8 Å². The Balaban J connectivity index is 1.22. The Labute approximate surface area is 221 Å². The van der Waals surface area contributed by atoms with E-state index in [1.54, 1.807) is 6.92 Å². The molecule has 36 heavy (non-hydrogen) atoms. The van der Waals surface area contributed by atoms with Crippen molar-refractivity contribution < 1.29 is 14.3 Å². The summed E-state index contributed by atoms with van der Waals surface area (Å²) in [6.45, 7) is 20.2. The van der Waals surface area contributed by atoms with Crippen molar-refractivity contribution >= 4 is 5.97 Å². The molecule has 1 heterocycles. The van der Waals surface area contributed by atoms with Crippen molar-refractivity contribution in [3.63, 3.8) is 0 Å². The van der Waals surface area contributed by atoms with E-state index < -0.39 is 0 Å². The predicted molar refractivity (Wildman–Crippen MR) is 144 cm³/mol. The van der Waals surface area contributed by atoms with Crippen LogP contribution in [0.15, 0.2) is 0 Å². The second-order valence-corrected chi connectivity index (χ2v) is 16.1. The van der Waals surface area contributed by atoms with Gasteiger partial charge >= 0.3 is 5.97 Å². The van der Waals surface area contributed by atoms with Gasteiger partial charge in [0.2, 0.25) is 0 Å². The van der Waals surface area contributed by atoms with E-state index in [0.29, 0.717) is 33.5 Å². The number of hydrogen-bond acceptors (Lipinski definition) is 3. The summed E-state index contributed by atoms with van der Waals surface area (Å²) in [4.78, 5) is 11.9. The van der Waals surface area contributed by atoms with Crippen molar-refractivity contribution in [1.82, 2.24) is 0 Å². The zero-order valence-electron chi connectivity index (χ0n) is 24.7. The first-order valence-electron chi connectivity index (χ1n) is 15.6. The SMILES string of the molecule is CC(=O)OC1CC[C@]23C[C@]24CCC2(C)[C@@H]([C@H](C)CCC5(C(C)C)CO5)CC[C@@]2(C)C4CC[C@H]3C1(C)C. The third kappa shape index (κ3) is 3.10. The number of epoxide rings is 1. The van der Waals surface area contributed by atoms with Gasteiger partial charge in [-0.25, -0.2) is 0 Å². The van der Waals surface area contributed by atoms with Gasteiger partial charge in [-0.2, -0.15) is 0 Å². The van der Waals surface area contributed by atoms with Crippen molar-refractivity contribution in [3.8, 4) is 0 Å². The maximum Gasteiger partial charge on any atom is 0.302 e. The van der Waals surface area contributed by atoms with Gasteiger partial charge in [-0.1, -0.05) is 48.5 Å². The minimum absolute atomic E-state index is 0.0946. The molecule has 1 aliphatic heterocycles. The second-order valence-electron chi connectivity index (χ2n) is 16.1. The average molecular weight is 499 g/mol. The molecule has 0 N–H and O–H groups in total. The number of ether oxygens (including phenoxy) is 2. The molecule has 6 aliphatic rings. The van der Waals surface area contributed by atoms with Crippen LogP contribution >= 0.6 is 0 Å². The Morgan fingerprint density at radius 2 is 1.56 bits per heavy atom. The molecular weight excluding hydrogens is 444 g/mol. The lowest BCUT2D eigenvalue weighted by Crippen LogP contribution is -2.58. The zero-order valence-corrected chi connectivity index (χ0v) is 24.7. The van der Waals surface area contributed by atoms with Crippen LogP contribution in [0.25, 0.3) is 0 Å². The molecule has 3 heteroatoms. The normalized spacial score (nSPS) is 53.0. The molecule has 6 rings (SSSR count). The molecule has 2 spiro atoms. The summed E-state index contributed by atoms with van der Waals surface area (Å²) < 4.78 is 11.9. The highest BCUT2D eigenvalue weighted by molar-refractivity contribution is 5.66. The summed E-state index contributed by atoms with van der Waals surface area (Å²) in [7, 11) is 0. The Kier molecular flexibility index (Phi) is 5.54. The molecule has 0 amide bonds. The van der Waals surface area contributed by atoms with Gasteiger partial charge in [0.05, 0.1) is 12.2 Å². The van der Waals surface area contributed by atoms with Crippen molar-refractivity contribution in [1.29, 1.82) is 0 Å². The molecule has 0 radical (unpaired) electrons. The lowest BCUT2D eigenvalue weighted by molar-refractivity contribution is -0.181. The second kappa shape index (κ2) is 7.76. The maximum atomic E-state index is 11.9. The smallest absolute Gasteiger partial charge is 0.302 e. The number of hydrogen-bond donors (Lipinski definition) is 0. The highest BCUT2D eigenvalue weighted by atomic mass is 16.6. The van der Waals surface area contributed by atoms with Gasteiger partial charge in [0.1, 0.15) is 6.10 Å². The molecular formula is C33H54O3. The average Bonchev–Trinajstić information content (AvgIpc) is 3.69. The molecule has 3 nitrogen and oxygen atoms in total. The van der Waals surface area contributed by atoms with Crippen LogP contribution in [0.5, 0.6) is 0 Å². The van der Waals surface area contributed by atoms with Crippen LogP contribution in [0, 0.1) is 56.7 Å². The maximum absolute atomic E-state index is 11.9. The first-order valence-corrected chi connectivity index (χ1v) is 15.6. The molecule has 0 aromatic carbocycles. The van der Waals surface area contributed by atoms with Gasteiger partial charge in [-0.15, -0.1) is 0 Å². The summed E-state index contributed by atoms with van der Waals surface area (Å²) in [6, 6.07) is 0. The summed E-state index contributed by atoms with van der Waals surface area (Å²) in [6.07, 6.45) is 15.0. The quantitative estimate of drug-likeness (QED) is 0.274. The standard InChI is InChI=1S/C33H54O3/c1-21(2)33(20-35-33)16-11-22(3)24-12-14-30(8)26-10-9-25-28(5,6)27(36-23(4)34)13-15-31(25)19-32(26,31)18-17-29(24,30)7/h21-22,24-27H,9-20H2,1-8H3/t22-,24-,25+,26?,27?,29?,30+,31-,32+,33?/m1/s1. The first-order chi connectivity index (χ1) is 16.8. The van der Waals surface area contributed by atoms with Gasteiger partial charge in [-0.05, 0) is 122 Å². The van der Waals surface area contributed by atoms with Gasteiger partial charge in [0, 0.05) is 12.3 Å². The molecule has 5 saturated carbocycles. The summed E-state index contributed by atoms with van der Waals surface area (Å²) in [5.74, 6) is 3.83. The Morgan fingerprint density at radius 1 is 0.889 bits per heavy atom. The van der Waals surface area contributed by atoms with Crippen LogP contribution in [0.3, 0.4) is 0 Å². The molecule has 0 aromatic rings. The zero-order chi connectivity index (χ0) is 25.9. The van der Waals surface area contributed by atoms with Crippen LogP contribution in [0.2, 0.25) is 0 Å². The van der Waals surface area contributed by atoms with Crippen molar-refractivity contribution in [2.75, 3.05) is 6.61 Å². The monoisotopic (exact) mass is 498 g/mol. The molecule has 6 fully saturated rings. The van der Waals surface area contributed by atoms with E-state index in [4.69, 9.17) is 9.47 Å². The Hall–Kier alpha value is -0.570. The number of carbonyl (C=O) groups is 1. The van der Waals surface area contributed by atoms with E-state index in [0.717, 1.165) is 30.8 Å². The molecule has 10 atom stereocenters. The van der Waals surface area contributed by atoms with E-state index in [-0.39, 0.29) is 23.1 Å². The largest absolute Gasteiger partial charge is 0.462 e. The number of carbonyl (C=O) groups excluding carboxylic acids is 1. The molecule has 0 aromatic heterocycles. The Morgan fingerprint density at radius 3 is 2.19 bits per heavy atom. The van der Waals surface area contributed by atoms with E-state index in [1.165, 1.54) is 64.2 Å². The minimum atomic E-state index is -0.0946. The highest BCUT2D eigenvalue weighted by Crippen LogP contribution is 2.89. The van der Waals surface area contributed by atoms with Gasteiger partial charge in [-0.3, -0.25) is 4.79 Å². The van der Waals surface area contributed by atoms with Gasteiger partial charge < -0.3 is 9.47 Å². The van der Waals surface area contributed by atoms with Crippen LogP contribution in [0.4, 0.5) is 0 Å². The molecule has 204 valence electrons. The van der Waals surface area contributed by atoms with Crippen LogP contribution in [0.1, 0.15) is 126 Å². The number of esters is 1. The van der Waals surface area contributed by atoms with Crippen molar-refractivity contribution in [2.24, 2.45) is 56.7 Å². The Bertz CT molecular complexity index is 918. The van der Waals surface area contributed by atoms with E-state index in [1.807, 2.05) is 0 Å². The third-order valence-corrected chi connectivity index (χ3v) is 14.7. The fourth-order valence-electron chi connectivity index (χ4n) is 12.2. The molecule has 0 bridgehead atoms. The van der Waals surface area contributed by atoms with Crippen molar-refractivity contribution in [2.45, 2.75) is 138 Å². The molecule has 5 aliphatic carbocycles. The summed E-state index contributed by atoms with van der Waals surface area (Å²) >= 11 is 0. The van der Waals surface area contributed by atoms with Crippen LogP contribution in [-0.2, 0) is 14.3 Å². The van der Waals surface area contributed by atoms with Gasteiger partial charge in [0.15, 0.2) is 0 Å². The molecule has 1 saturated heterocycles. The first kappa shape index (κ1) is 25.7. The van der Waals surface area contributed by atoms with Crippen molar-refractivity contribution in [3.05, 3.63) is 0 Å². The minimum Gasteiger partial charge on any atom is -0.462 e. The lowest BCUT2D eigenvalue weighted by Gasteiger charge is -2.63. The lowest BCUT2D eigenvalue weighted by atomic mass is 9.41. The van der Waals surface area contributed by atoms with E-state index in [9.17, 15) is 4.79 Å². The summed E-state index contributed by atoms with van der Waals surface area (Å²) in [5, 5.41) is 0. The third-order valence-electron chi connectivity index (χ3n) is 14.7. The van der Waals surface area contributed by atoms with Gasteiger partial charge in [0.25, 0.3) is 0 Å². The summed E-state index contributed by atoms with van der Waals surface area (Å²) in [5.41, 5.74) is 2.37. The van der Waals surface area contributed by atoms with Crippen LogP contribution < -0.4 is 0 Å². The number of fused-ring (bicyclic) bond motifs is 2. The predicted octanol–water partition coefficient (Wildman–Crippen LogP) is 8.20. The highest BCUT2D eigenvalue weighted by Gasteiger charge is 2.82. The van der Waals surface area contributed by atoms with Crippen LogP contribution in [-0.4, -0.2) is 24.3 Å². The van der Waals surface area contributed by atoms with E-state index in [2.05, 4.69) is 48.5 Å². The number of rotatable bonds is 6. The van der Waals surface area contributed by atoms with E-state index >= 15 is 0 Å².